The molecule has 2 unspecified atom stereocenters. The van der Waals surface area contributed by atoms with Crippen LogP contribution in [0.5, 0.6) is 5.75 Å². The van der Waals surface area contributed by atoms with Gasteiger partial charge in [0.05, 0.1) is 11.3 Å². The number of ether oxygens (including phenoxy) is 2. The Bertz CT molecular complexity index is 3020. The van der Waals surface area contributed by atoms with Gasteiger partial charge in [-0.25, -0.2) is 14.2 Å². The highest BCUT2D eigenvalue weighted by Crippen LogP contribution is 2.42. The van der Waals surface area contributed by atoms with E-state index in [0.29, 0.717) is 36.3 Å². The number of hydrogen-bond acceptors (Lipinski definition) is 14. The largest absolute Gasteiger partial charge is 0.614 e. The highest BCUT2D eigenvalue weighted by atomic mass is 32.2. The van der Waals surface area contributed by atoms with Crippen molar-refractivity contribution in [2.75, 3.05) is 31.0 Å². The first-order valence-corrected chi connectivity index (χ1v) is 25.1. The van der Waals surface area contributed by atoms with E-state index in [2.05, 4.69) is 15.8 Å². The van der Waals surface area contributed by atoms with Crippen LogP contribution >= 0.6 is 34.4 Å². The van der Waals surface area contributed by atoms with Gasteiger partial charge in [-0.05, 0) is 63.8 Å². The average molecular weight is 986 g/mol. The molecular weight excluding hydrogens is 946 g/mol. The lowest BCUT2D eigenvalue weighted by molar-refractivity contribution is -0.153. The average Bonchev–Trinajstić information content (AvgIpc) is 3.83. The van der Waals surface area contributed by atoms with Gasteiger partial charge in [-0.2, -0.15) is 0 Å². The molecule has 18 heteroatoms. The fourth-order valence-electron chi connectivity index (χ4n) is 8.11. The summed E-state index contributed by atoms with van der Waals surface area (Å²) in [5.41, 5.74) is 2.38. The number of rotatable bonds is 16. The maximum atomic E-state index is 14.2. The number of methoxy groups -OCH3 is 1. The number of oxime groups is 1. The number of thioether (sulfide) groups is 1. The molecule has 2 aliphatic rings. The fourth-order valence-corrected chi connectivity index (χ4v) is 12.9. The number of anilines is 1. The standard InChI is InChI=1S/C50H40FN5O8S4/c1-62-36-21-18-30(19-22-36)26-64-48(60)44-31(27-65-41-25-39(57)37-23-20-35(51)24-40(37)67-41)29-68(61)47-43(46(59)56(44)47)53-45(58)42(55-63-2)38-28-66-49(52-38)54-50(32-12-6-3-7-13-32,33-14-8-4-9-15-33)34-16-10-5-11-17-34/h3-25,28,43,47H,26-27,29H2,1-2H3,(H,52,54)(H,53,58)/b55-42-/t43?,47-,68?/m1/s1. The molecule has 2 amide bonds. The Morgan fingerprint density at radius 1 is 0.912 bits per heavy atom. The van der Waals surface area contributed by atoms with Crippen molar-refractivity contribution >= 4 is 84.3 Å². The second kappa shape index (κ2) is 20.2. The second-order valence-electron chi connectivity index (χ2n) is 15.4. The van der Waals surface area contributed by atoms with Gasteiger partial charge in [-0.1, -0.05) is 108 Å². The van der Waals surface area contributed by atoms with Crippen LogP contribution in [0.25, 0.3) is 10.1 Å². The van der Waals surface area contributed by atoms with E-state index in [1.807, 2.05) is 91.0 Å². The second-order valence-corrected chi connectivity index (χ2v) is 20.2. The quantitative estimate of drug-likeness (QED) is 0.0184. The summed E-state index contributed by atoms with van der Waals surface area (Å²) in [7, 11) is 2.81. The first kappa shape index (κ1) is 46.3. The number of nitrogens with zero attached hydrogens (tertiary/aromatic N) is 3. The maximum Gasteiger partial charge on any atom is 0.355 e. The summed E-state index contributed by atoms with van der Waals surface area (Å²) in [6.07, 6.45) is 0. The summed E-state index contributed by atoms with van der Waals surface area (Å²) in [5.74, 6) is -2.34. The summed E-state index contributed by atoms with van der Waals surface area (Å²) in [6.45, 7) is -0.148. The predicted molar refractivity (Wildman–Crippen MR) is 263 cm³/mol. The smallest absolute Gasteiger partial charge is 0.355 e. The number of fused-ring (bicyclic) bond motifs is 2. The Labute approximate surface area is 404 Å². The molecule has 2 aliphatic heterocycles. The van der Waals surface area contributed by atoms with E-state index >= 15 is 0 Å². The molecule has 2 N–H and O–H groups in total. The summed E-state index contributed by atoms with van der Waals surface area (Å²) < 4.78 is 40.2. The van der Waals surface area contributed by atoms with Crippen molar-refractivity contribution in [1.82, 2.24) is 15.2 Å². The first-order valence-electron chi connectivity index (χ1n) is 21.0. The van der Waals surface area contributed by atoms with Gasteiger partial charge in [0.2, 0.25) is 5.37 Å². The van der Waals surface area contributed by atoms with Gasteiger partial charge in [-0.3, -0.25) is 19.3 Å². The topological polar surface area (TPSA) is 172 Å². The Kier molecular flexibility index (Phi) is 13.7. The molecule has 7 aromatic rings. The van der Waals surface area contributed by atoms with Crippen LogP contribution in [0.1, 0.15) is 27.9 Å². The number of carbonyl (C=O) groups is 3. The van der Waals surface area contributed by atoms with E-state index in [-0.39, 0.29) is 40.6 Å². The first-order chi connectivity index (χ1) is 33.1. The van der Waals surface area contributed by atoms with Gasteiger partial charge < -0.3 is 29.5 Å². The highest BCUT2D eigenvalue weighted by Gasteiger charge is 2.61. The fraction of sp³-hybridized carbons (Fsp3) is 0.160. The molecular formula is C50H40FN5O8S4. The predicted octanol–water partition coefficient (Wildman–Crippen LogP) is 7.83. The number of hydrogen-bond donors (Lipinski definition) is 2. The minimum Gasteiger partial charge on any atom is -0.614 e. The minimum atomic E-state index is -1.82. The van der Waals surface area contributed by atoms with Crippen molar-refractivity contribution < 1.29 is 37.6 Å². The highest BCUT2D eigenvalue weighted by molar-refractivity contribution is 8.01. The molecule has 3 atom stereocenters. The van der Waals surface area contributed by atoms with Crippen LogP contribution < -0.4 is 20.8 Å². The van der Waals surface area contributed by atoms with Crippen molar-refractivity contribution in [2.24, 2.45) is 5.16 Å². The van der Waals surface area contributed by atoms with Crippen LogP contribution in [0.15, 0.2) is 170 Å². The van der Waals surface area contributed by atoms with E-state index in [1.54, 1.807) is 29.6 Å². The van der Waals surface area contributed by atoms with Crippen LogP contribution in [0.2, 0.25) is 0 Å². The normalized spacial score (nSPS) is 17.0. The molecule has 13 nitrogen and oxygen atoms in total. The molecule has 4 heterocycles. The number of carbonyl (C=O) groups excluding carboxylic acids is 3. The van der Waals surface area contributed by atoms with Crippen LogP contribution in [0.4, 0.5) is 9.52 Å². The summed E-state index contributed by atoms with van der Waals surface area (Å²) in [4.78, 5) is 66.5. The number of aromatic nitrogens is 1. The number of halogens is 1. The molecule has 1 saturated heterocycles. The SMILES string of the molecule is CO/N=C(\C(=O)NC1C(=O)N2C(C(=O)OCc3ccc(OC)cc3)=C(CSc3cc(=O)c4ccc(F)cc4s3)C[S+]([O-])[C@H]12)c1csc(NC(c2ccccc2)(c2ccccc2)c2ccccc2)n1. The van der Waals surface area contributed by atoms with Crippen molar-refractivity contribution in [3.05, 3.63) is 200 Å². The van der Waals surface area contributed by atoms with Gasteiger partial charge in [0.25, 0.3) is 11.8 Å². The zero-order valence-electron chi connectivity index (χ0n) is 36.3. The van der Waals surface area contributed by atoms with Crippen molar-refractivity contribution in [2.45, 2.75) is 27.8 Å². The number of thiazole rings is 1. The Hall–Kier alpha value is -6.83. The number of benzene rings is 5. The van der Waals surface area contributed by atoms with Crippen molar-refractivity contribution in [3.8, 4) is 5.75 Å². The van der Waals surface area contributed by atoms with E-state index in [9.17, 15) is 28.1 Å². The molecule has 1 fully saturated rings. The molecule has 0 saturated carbocycles. The van der Waals surface area contributed by atoms with Gasteiger partial charge in [-0.15, -0.1) is 34.4 Å². The molecule has 2 aromatic heterocycles. The van der Waals surface area contributed by atoms with E-state index in [1.165, 1.54) is 72.9 Å². The van der Waals surface area contributed by atoms with E-state index < -0.39 is 51.7 Å². The van der Waals surface area contributed by atoms with Crippen LogP contribution in [0, 0.1) is 5.82 Å². The lowest BCUT2D eigenvalue weighted by Gasteiger charge is -2.49. The molecule has 0 radical (unpaired) electrons. The molecule has 344 valence electrons. The Balaban J connectivity index is 0.980. The maximum absolute atomic E-state index is 14.2. The number of amides is 2. The van der Waals surface area contributed by atoms with Crippen LogP contribution in [0.3, 0.4) is 0 Å². The van der Waals surface area contributed by atoms with E-state index in [4.69, 9.17) is 19.3 Å². The number of β-lactam (4-membered cyclic amide) rings is 1. The summed E-state index contributed by atoms with van der Waals surface area (Å²) in [5, 5.41) is 11.7. The number of esters is 1. The number of nitrogens with one attached hydrogen (secondary N) is 2. The lowest BCUT2D eigenvalue weighted by Crippen LogP contribution is -2.75. The van der Waals surface area contributed by atoms with Gasteiger partial charge >= 0.3 is 5.97 Å². The third-order valence-corrected chi connectivity index (χ3v) is 16.1. The van der Waals surface area contributed by atoms with E-state index in [0.717, 1.165) is 21.6 Å². The Morgan fingerprint density at radius 3 is 2.18 bits per heavy atom. The third-order valence-electron chi connectivity index (χ3n) is 11.3. The summed E-state index contributed by atoms with van der Waals surface area (Å²) >= 11 is 1.80. The minimum absolute atomic E-state index is 0.0495. The Morgan fingerprint density at radius 2 is 1.56 bits per heavy atom. The van der Waals surface area contributed by atoms with Gasteiger partial charge in [0.1, 0.15) is 48.0 Å². The zero-order valence-corrected chi connectivity index (χ0v) is 39.5. The summed E-state index contributed by atoms with van der Waals surface area (Å²) in [6, 6.07) is 40.7. The van der Waals surface area contributed by atoms with Crippen molar-refractivity contribution in [1.29, 1.82) is 0 Å². The lowest BCUT2D eigenvalue weighted by atomic mass is 9.77. The van der Waals surface area contributed by atoms with Crippen molar-refractivity contribution in [3.63, 3.8) is 0 Å². The molecule has 0 bridgehead atoms. The van der Waals surface area contributed by atoms with Crippen LogP contribution in [-0.2, 0) is 47.3 Å². The van der Waals surface area contributed by atoms with Gasteiger partial charge in [0.15, 0.2) is 22.3 Å². The molecule has 68 heavy (non-hydrogen) atoms. The monoisotopic (exact) mass is 985 g/mol. The van der Waals surface area contributed by atoms with Crippen LogP contribution in [-0.4, -0.2) is 75.1 Å². The van der Waals surface area contributed by atoms with Gasteiger partial charge in [0, 0.05) is 32.9 Å². The molecule has 9 rings (SSSR count). The molecule has 5 aromatic carbocycles. The molecule has 0 spiro atoms. The zero-order chi connectivity index (χ0) is 47.4. The molecule has 0 aliphatic carbocycles. The third kappa shape index (κ3) is 9.24.